The van der Waals surface area contributed by atoms with Crippen LogP contribution in [0.3, 0.4) is 0 Å². The van der Waals surface area contributed by atoms with Crippen molar-refractivity contribution in [1.29, 1.82) is 0 Å². The molecule has 0 spiro atoms. The van der Waals surface area contributed by atoms with Crippen molar-refractivity contribution in [3.05, 3.63) is 51.2 Å². The van der Waals surface area contributed by atoms with Gasteiger partial charge in [-0.15, -0.1) is 11.3 Å². The number of hydrogen-bond donors (Lipinski definition) is 1. The van der Waals surface area contributed by atoms with Crippen LogP contribution in [0.4, 0.5) is 5.69 Å². The number of carbonyl (C=O) groups is 1. The predicted molar refractivity (Wildman–Crippen MR) is 74.4 cm³/mol. The Morgan fingerprint density at radius 2 is 2.11 bits per heavy atom. The van der Waals surface area contributed by atoms with Gasteiger partial charge in [-0.25, -0.2) is 4.79 Å². The van der Waals surface area contributed by atoms with Gasteiger partial charge in [0.1, 0.15) is 0 Å². The molecule has 18 heavy (non-hydrogen) atoms. The summed E-state index contributed by atoms with van der Waals surface area (Å²) < 4.78 is 4.64. The second kappa shape index (κ2) is 5.89. The number of hydrogen-bond acceptors (Lipinski definition) is 4. The summed E-state index contributed by atoms with van der Waals surface area (Å²) in [5.74, 6) is -0.327. The topological polar surface area (TPSA) is 38.3 Å². The normalized spacial score (nSPS) is 10.1. The minimum absolute atomic E-state index is 0.327. The molecule has 0 fully saturated rings. The van der Waals surface area contributed by atoms with Crippen molar-refractivity contribution < 1.29 is 9.53 Å². The van der Waals surface area contributed by atoms with Gasteiger partial charge < -0.3 is 10.1 Å². The number of thiophene rings is 1. The van der Waals surface area contributed by atoms with Crippen LogP contribution >= 0.6 is 22.9 Å². The Kier molecular flexibility index (Phi) is 4.23. The Morgan fingerprint density at radius 3 is 2.67 bits per heavy atom. The lowest BCUT2D eigenvalue weighted by Gasteiger charge is -2.05. The van der Waals surface area contributed by atoms with Crippen LogP contribution in [0.1, 0.15) is 15.2 Å². The molecule has 0 aliphatic heterocycles. The van der Waals surface area contributed by atoms with E-state index in [1.807, 2.05) is 23.6 Å². The van der Waals surface area contributed by atoms with Gasteiger partial charge in [-0.05, 0) is 30.3 Å². The zero-order valence-corrected chi connectivity index (χ0v) is 11.3. The minimum atomic E-state index is -0.327. The molecule has 0 unspecified atom stereocenters. The second-order valence-electron chi connectivity index (χ2n) is 3.65. The summed E-state index contributed by atoms with van der Waals surface area (Å²) in [4.78, 5) is 12.4. The standard InChI is InChI=1S/C13H12ClNO2S/c1-17-13(16)9-2-4-11(5-3-9)15-7-12-6-10(14)8-18-12/h2-6,8,15H,7H2,1H3. The highest BCUT2D eigenvalue weighted by Crippen LogP contribution is 2.20. The average Bonchev–Trinajstić information content (AvgIpc) is 2.82. The van der Waals surface area contributed by atoms with E-state index in [0.29, 0.717) is 5.56 Å². The molecule has 0 aliphatic carbocycles. The molecule has 0 aliphatic rings. The average molecular weight is 282 g/mol. The molecular weight excluding hydrogens is 270 g/mol. The molecule has 0 bridgehead atoms. The van der Waals surface area contributed by atoms with Crippen LogP contribution in [0.2, 0.25) is 5.02 Å². The molecule has 0 saturated heterocycles. The monoisotopic (exact) mass is 281 g/mol. The zero-order valence-electron chi connectivity index (χ0n) is 9.77. The van der Waals surface area contributed by atoms with Crippen molar-refractivity contribution in [1.82, 2.24) is 0 Å². The quantitative estimate of drug-likeness (QED) is 0.866. The molecule has 5 heteroatoms. The molecule has 3 nitrogen and oxygen atoms in total. The van der Waals surface area contributed by atoms with Crippen molar-refractivity contribution in [2.75, 3.05) is 12.4 Å². The smallest absolute Gasteiger partial charge is 0.337 e. The molecule has 1 aromatic heterocycles. The summed E-state index contributed by atoms with van der Waals surface area (Å²) in [5.41, 5.74) is 1.49. The number of esters is 1. The number of benzene rings is 1. The van der Waals surface area contributed by atoms with Gasteiger partial charge in [-0.1, -0.05) is 11.6 Å². The van der Waals surface area contributed by atoms with Gasteiger partial charge in [0.25, 0.3) is 0 Å². The summed E-state index contributed by atoms with van der Waals surface area (Å²) in [7, 11) is 1.37. The SMILES string of the molecule is COC(=O)c1ccc(NCc2cc(Cl)cs2)cc1. The van der Waals surface area contributed by atoms with Crippen molar-refractivity contribution in [3.63, 3.8) is 0 Å². The van der Waals surface area contributed by atoms with Crippen LogP contribution in [0.5, 0.6) is 0 Å². The Hall–Kier alpha value is -1.52. The van der Waals surface area contributed by atoms with E-state index in [1.165, 1.54) is 7.11 Å². The van der Waals surface area contributed by atoms with Gasteiger partial charge in [0, 0.05) is 22.5 Å². The van der Waals surface area contributed by atoms with Gasteiger partial charge in [-0.2, -0.15) is 0 Å². The van der Waals surface area contributed by atoms with Gasteiger partial charge in [0.05, 0.1) is 17.7 Å². The first-order valence-electron chi connectivity index (χ1n) is 5.34. The highest BCUT2D eigenvalue weighted by atomic mass is 35.5. The van der Waals surface area contributed by atoms with Gasteiger partial charge in [0.15, 0.2) is 0 Å². The van der Waals surface area contributed by atoms with Crippen LogP contribution in [-0.2, 0) is 11.3 Å². The summed E-state index contributed by atoms with van der Waals surface area (Å²) in [6.07, 6.45) is 0. The maximum atomic E-state index is 11.3. The van der Waals surface area contributed by atoms with Crippen LogP contribution in [0.25, 0.3) is 0 Å². The Balaban J connectivity index is 1.96. The molecule has 0 atom stereocenters. The lowest BCUT2D eigenvalue weighted by molar-refractivity contribution is 0.0601. The van der Waals surface area contributed by atoms with E-state index in [-0.39, 0.29) is 5.97 Å². The zero-order chi connectivity index (χ0) is 13.0. The van der Waals surface area contributed by atoms with E-state index in [2.05, 4.69) is 10.1 Å². The molecule has 2 aromatic rings. The maximum absolute atomic E-state index is 11.3. The molecule has 1 heterocycles. The molecule has 0 radical (unpaired) electrons. The fourth-order valence-electron chi connectivity index (χ4n) is 1.48. The molecule has 0 saturated carbocycles. The van der Waals surface area contributed by atoms with Crippen LogP contribution in [0, 0.1) is 0 Å². The van der Waals surface area contributed by atoms with Crippen LogP contribution in [0.15, 0.2) is 35.7 Å². The van der Waals surface area contributed by atoms with Gasteiger partial charge in [-0.3, -0.25) is 0 Å². The fraction of sp³-hybridized carbons (Fsp3) is 0.154. The second-order valence-corrected chi connectivity index (χ2v) is 5.09. The molecule has 1 aromatic carbocycles. The lowest BCUT2D eigenvalue weighted by atomic mass is 10.2. The van der Waals surface area contributed by atoms with Crippen molar-refractivity contribution in [2.24, 2.45) is 0 Å². The summed E-state index contributed by atoms with van der Waals surface area (Å²) >= 11 is 7.46. The lowest BCUT2D eigenvalue weighted by Crippen LogP contribution is -2.02. The highest BCUT2D eigenvalue weighted by molar-refractivity contribution is 7.10. The van der Waals surface area contributed by atoms with E-state index in [1.54, 1.807) is 23.5 Å². The number of ether oxygens (including phenoxy) is 1. The largest absolute Gasteiger partial charge is 0.465 e. The van der Waals surface area contributed by atoms with E-state index in [9.17, 15) is 4.79 Å². The first kappa shape index (κ1) is 12.9. The first-order valence-corrected chi connectivity index (χ1v) is 6.60. The molecule has 0 amide bonds. The van der Waals surface area contributed by atoms with Crippen LogP contribution < -0.4 is 5.32 Å². The highest BCUT2D eigenvalue weighted by Gasteiger charge is 2.04. The number of carbonyl (C=O) groups excluding carboxylic acids is 1. The summed E-state index contributed by atoms with van der Waals surface area (Å²) in [6, 6.07) is 9.09. The number of halogens is 1. The number of methoxy groups -OCH3 is 1. The van der Waals surface area contributed by atoms with Crippen molar-refractivity contribution in [3.8, 4) is 0 Å². The van der Waals surface area contributed by atoms with Crippen molar-refractivity contribution in [2.45, 2.75) is 6.54 Å². The molecule has 2 rings (SSSR count). The molecule has 1 N–H and O–H groups in total. The molecular formula is C13H12ClNO2S. The first-order chi connectivity index (χ1) is 8.69. The predicted octanol–water partition coefficient (Wildman–Crippen LogP) is 3.80. The third-order valence-electron chi connectivity index (χ3n) is 2.39. The third kappa shape index (κ3) is 3.24. The fourth-order valence-corrected chi connectivity index (χ4v) is 2.49. The summed E-state index contributed by atoms with van der Waals surface area (Å²) in [5, 5.41) is 5.92. The number of nitrogens with one attached hydrogen (secondary N) is 1. The van der Waals surface area contributed by atoms with E-state index in [0.717, 1.165) is 22.1 Å². The van der Waals surface area contributed by atoms with Gasteiger partial charge in [0.2, 0.25) is 0 Å². The Labute approximate surface area is 114 Å². The van der Waals surface area contributed by atoms with Crippen molar-refractivity contribution >= 4 is 34.6 Å². The molecule has 94 valence electrons. The summed E-state index contributed by atoms with van der Waals surface area (Å²) in [6.45, 7) is 0.717. The number of anilines is 1. The van der Waals surface area contributed by atoms with Gasteiger partial charge >= 0.3 is 5.97 Å². The van der Waals surface area contributed by atoms with E-state index >= 15 is 0 Å². The Morgan fingerprint density at radius 1 is 1.39 bits per heavy atom. The van der Waals surface area contributed by atoms with E-state index < -0.39 is 0 Å². The maximum Gasteiger partial charge on any atom is 0.337 e. The Bertz CT molecular complexity index is 536. The minimum Gasteiger partial charge on any atom is -0.465 e. The van der Waals surface area contributed by atoms with Crippen LogP contribution in [-0.4, -0.2) is 13.1 Å². The number of rotatable bonds is 4. The van der Waals surface area contributed by atoms with E-state index in [4.69, 9.17) is 11.6 Å². The third-order valence-corrected chi connectivity index (χ3v) is 3.68.